The molecule has 0 saturated carbocycles. The zero-order valence-corrected chi connectivity index (χ0v) is 14.0. The van der Waals surface area contributed by atoms with Crippen molar-refractivity contribution in [3.63, 3.8) is 0 Å². The van der Waals surface area contributed by atoms with Crippen LogP contribution in [0.3, 0.4) is 0 Å². The average Bonchev–Trinajstić information content (AvgIpc) is 2.93. The van der Waals surface area contributed by atoms with Gasteiger partial charge in [-0.3, -0.25) is 0 Å². The van der Waals surface area contributed by atoms with E-state index in [0.29, 0.717) is 5.92 Å². The van der Waals surface area contributed by atoms with E-state index in [9.17, 15) is 0 Å². The molecule has 0 amide bonds. The van der Waals surface area contributed by atoms with Crippen molar-refractivity contribution in [3.8, 4) is 0 Å². The Bertz CT molecular complexity index is 674. The second-order valence-corrected chi connectivity index (χ2v) is 6.65. The van der Waals surface area contributed by atoms with Crippen molar-refractivity contribution in [1.29, 1.82) is 0 Å². The fraction of sp³-hybridized carbons (Fsp3) is 0.364. The molecule has 0 heteroatoms. The van der Waals surface area contributed by atoms with Crippen LogP contribution in [0.2, 0.25) is 0 Å². The van der Waals surface area contributed by atoms with Gasteiger partial charge in [0.1, 0.15) is 0 Å². The summed E-state index contributed by atoms with van der Waals surface area (Å²) in [5.74, 6) is 0.685. The van der Waals surface area contributed by atoms with Crippen LogP contribution in [-0.2, 0) is 12.8 Å². The summed E-state index contributed by atoms with van der Waals surface area (Å²) in [5, 5.41) is 0. The first-order valence-corrected chi connectivity index (χ1v) is 8.53. The van der Waals surface area contributed by atoms with Crippen LogP contribution >= 0.6 is 0 Å². The van der Waals surface area contributed by atoms with Crippen molar-refractivity contribution in [2.24, 2.45) is 5.92 Å². The van der Waals surface area contributed by atoms with Gasteiger partial charge in [-0.2, -0.15) is 0 Å². The molecule has 2 aromatic rings. The Morgan fingerprint density at radius 3 is 2.41 bits per heavy atom. The molecule has 0 saturated heterocycles. The van der Waals surface area contributed by atoms with E-state index < -0.39 is 0 Å². The van der Waals surface area contributed by atoms with Gasteiger partial charge < -0.3 is 0 Å². The van der Waals surface area contributed by atoms with Gasteiger partial charge in [0.25, 0.3) is 0 Å². The van der Waals surface area contributed by atoms with Crippen molar-refractivity contribution in [2.75, 3.05) is 0 Å². The number of hydrogen-bond donors (Lipinski definition) is 0. The Labute approximate surface area is 134 Å². The first kappa shape index (κ1) is 15.1. The zero-order chi connectivity index (χ0) is 15.5. The molecule has 1 unspecified atom stereocenters. The Morgan fingerprint density at radius 2 is 1.68 bits per heavy atom. The Hall–Kier alpha value is -1.82. The average molecular weight is 290 g/mol. The smallest absolute Gasteiger partial charge is 0.00853 e. The summed E-state index contributed by atoms with van der Waals surface area (Å²) < 4.78 is 0. The first-order chi connectivity index (χ1) is 10.7. The Balaban J connectivity index is 1.73. The SMILES string of the molecule is CCC(CCc1ccc(C)cc1)C1=CCc2ccc(C)cc21. The van der Waals surface area contributed by atoms with E-state index in [2.05, 4.69) is 69.3 Å². The highest BCUT2D eigenvalue weighted by atomic mass is 14.3. The maximum absolute atomic E-state index is 2.47. The normalized spacial score (nSPS) is 14.6. The van der Waals surface area contributed by atoms with Gasteiger partial charge in [-0.25, -0.2) is 0 Å². The van der Waals surface area contributed by atoms with Crippen LogP contribution in [0, 0.1) is 19.8 Å². The summed E-state index contributed by atoms with van der Waals surface area (Å²) in [4.78, 5) is 0. The highest BCUT2D eigenvalue weighted by molar-refractivity contribution is 5.75. The van der Waals surface area contributed by atoms with Crippen LogP contribution in [0.25, 0.3) is 5.57 Å². The number of allylic oxidation sites excluding steroid dienone is 2. The molecule has 0 fully saturated rings. The lowest BCUT2D eigenvalue weighted by Gasteiger charge is -2.18. The molecule has 1 aliphatic rings. The lowest BCUT2D eigenvalue weighted by atomic mass is 9.86. The van der Waals surface area contributed by atoms with E-state index in [4.69, 9.17) is 0 Å². The zero-order valence-electron chi connectivity index (χ0n) is 14.0. The molecular weight excluding hydrogens is 264 g/mol. The van der Waals surface area contributed by atoms with Gasteiger partial charge in [0.05, 0.1) is 0 Å². The number of hydrogen-bond acceptors (Lipinski definition) is 0. The van der Waals surface area contributed by atoms with E-state index in [-0.39, 0.29) is 0 Å². The van der Waals surface area contributed by atoms with Crippen molar-refractivity contribution in [1.82, 2.24) is 0 Å². The molecular formula is C22H26. The standard InChI is InChI=1S/C22H26/c1-4-19(12-10-18-8-5-16(2)6-9-18)21-14-13-20-11-7-17(3)15-22(20)21/h5-9,11,14-15,19H,4,10,12-13H2,1-3H3. The lowest BCUT2D eigenvalue weighted by molar-refractivity contribution is 0.589. The minimum atomic E-state index is 0.685. The predicted octanol–water partition coefficient (Wildman–Crippen LogP) is 5.90. The molecule has 0 spiro atoms. The summed E-state index contributed by atoms with van der Waals surface area (Å²) >= 11 is 0. The topological polar surface area (TPSA) is 0 Å². The molecule has 114 valence electrons. The summed E-state index contributed by atoms with van der Waals surface area (Å²) in [6.07, 6.45) is 7.24. The molecule has 2 aromatic carbocycles. The van der Waals surface area contributed by atoms with E-state index in [1.165, 1.54) is 47.1 Å². The fourth-order valence-electron chi connectivity index (χ4n) is 3.53. The van der Waals surface area contributed by atoms with Crippen molar-refractivity contribution in [3.05, 3.63) is 76.4 Å². The maximum Gasteiger partial charge on any atom is -0.00853 e. The molecule has 0 radical (unpaired) electrons. The molecule has 0 N–H and O–H groups in total. The van der Waals surface area contributed by atoms with Gasteiger partial charge in [-0.05, 0) is 67.7 Å². The number of aryl methyl sites for hydroxylation is 3. The third-order valence-electron chi connectivity index (χ3n) is 4.95. The predicted molar refractivity (Wildman–Crippen MR) is 96.1 cm³/mol. The van der Waals surface area contributed by atoms with Gasteiger partial charge in [-0.1, -0.05) is 66.6 Å². The summed E-state index contributed by atoms with van der Waals surface area (Å²) in [5.41, 5.74) is 8.80. The van der Waals surface area contributed by atoms with Crippen molar-refractivity contribution < 1.29 is 0 Å². The van der Waals surface area contributed by atoms with Crippen LogP contribution in [-0.4, -0.2) is 0 Å². The summed E-state index contributed by atoms with van der Waals surface area (Å²) in [7, 11) is 0. The third kappa shape index (κ3) is 3.16. The van der Waals surface area contributed by atoms with Gasteiger partial charge in [0.15, 0.2) is 0 Å². The van der Waals surface area contributed by atoms with E-state index in [1.807, 2.05) is 0 Å². The second-order valence-electron chi connectivity index (χ2n) is 6.65. The van der Waals surface area contributed by atoms with Crippen LogP contribution in [0.15, 0.2) is 48.5 Å². The Kier molecular flexibility index (Phi) is 4.47. The number of rotatable bonds is 5. The van der Waals surface area contributed by atoms with Gasteiger partial charge in [0, 0.05) is 0 Å². The minimum absolute atomic E-state index is 0.685. The third-order valence-corrected chi connectivity index (χ3v) is 4.95. The Morgan fingerprint density at radius 1 is 0.955 bits per heavy atom. The summed E-state index contributed by atoms with van der Waals surface area (Å²) in [6, 6.07) is 15.9. The molecule has 0 aromatic heterocycles. The van der Waals surface area contributed by atoms with Crippen molar-refractivity contribution in [2.45, 2.75) is 46.5 Å². The molecule has 3 rings (SSSR count). The molecule has 1 atom stereocenters. The minimum Gasteiger partial charge on any atom is -0.0760 e. The fourth-order valence-corrected chi connectivity index (χ4v) is 3.53. The molecule has 0 bridgehead atoms. The summed E-state index contributed by atoms with van der Waals surface area (Å²) in [6.45, 7) is 6.68. The lowest BCUT2D eigenvalue weighted by Crippen LogP contribution is -2.04. The number of fused-ring (bicyclic) bond motifs is 1. The van der Waals surface area contributed by atoms with E-state index in [1.54, 1.807) is 5.57 Å². The highest BCUT2D eigenvalue weighted by Gasteiger charge is 2.20. The van der Waals surface area contributed by atoms with E-state index in [0.717, 1.165) is 6.42 Å². The van der Waals surface area contributed by atoms with Gasteiger partial charge in [-0.15, -0.1) is 0 Å². The first-order valence-electron chi connectivity index (χ1n) is 8.53. The monoisotopic (exact) mass is 290 g/mol. The van der Waals surface area contributed by atoms with Gasteiger partial charge >= 0.3 is 0 Å². The quantitative estimate of drug-likeness (QED) is 0.643. The van der Waals surface area contributed by atoms with Gasteiger partial charge in [0.2, 0.25) is 0 Å². The van der Waals surface area contributed by atoms with Crippen molar-refractivity contribution >= 4 is 5.57 Å². The molecule has 0 nitrogen and oxygen atoms in total. The largest absolute Gasteiger partial charge is 0.0760 e. The molecule has 0 aliphatic heterocycles. The number of benzene rings is 2. The van der Waals surface area contributed by atoms with Crippen LogP contribution < -0.4 is 0 Å². The van der Waals surface area contributed by atoms with E-state index >= 15 is 0 Å². The van der Waals surface area contributed by atoms with Crippen LogP contribution in [0.4, 0.5) is 0 Å². The highest BCUT2D eigenvalue weighted by Crippen LogP contribution is 2.37. The molecule has 22 heavy (non-hydrogen) atoms. The van der Waals surface area contributed by atoms with Crippen LogP contribution in [0.1, 0.15) is 47.6 Å². The van der Waals surface area contributed by atoms with Crippen LogP contribution in [0.5, 0.6) is 0 Å². The molecule has 0 heterocycles. The second kappa shape index (κ2) is 6.52. The molecule has 1 aliphatic carbocycles. The maximum atomic E-state index is 2.47.